The van der Waals surface area contributed by atoms with Crippen LogP contribution >= 0.6 is 39.9 Å². The number of thioether (sulfide) groups is 1. The lowest BCUT2D eigenvalue weighted by molar-refractivity contribution is -0.135. The molecule has 2 amide bonds. The molecule has 28 heavy (non-hydrogen) atoms. The van der Waals surface area contributed by atoms with Gasteiger partial charge >= 0.3 is 0 Å². The Morgan fingerprint density at radius 3 is 2.79 bits per heavy atom. The second-order valence-electron chi connectivity index (χ2n) is 6.61. The van der Waals surface area contributed by atoms with E-state index in [1.165, 1.54) is 16.7 Å². The molecule has 0 atom stereocenters. The molecule has 3 heterocycles. The summed E-state index contributed by atoms with van der Waals surface area (Å²) in [6, 6.07) is 5.94. The summed E-state index contributed by atoms with van der Waals surface area (Å²) in [5.41, 5.74) is 1.84. The molecule has 0 aliphatic carbocycles. The maximum Gasteiger partial charge on any atom is 0.265 e. The van der Waals surface area contributed by atoms with Gasteiger partial charge in [-0.3, -0.25) is 14.5 Å². The predicted molar refractivity (Wildman–Crippen MR) is 118 cm³/mol. The number of hydrogen-bond acceptors (Lipinski definition) is 5. The second-order valence-corrected chi connectivity index (χ2v) is 9.20. The third-order valence-electron chi connectivity index (χ3n) is 4.82. The minimum absolute atomic E-state index is 0.0644. The average Bonchev–Trinajstić information content (AvgIpc) is 3.14. The van der Waals surface area contributed by atoms with Crippen LogP contribution in [0.3, 0.4) is 0 Å². The van der Waals surface area contributed by atoms with E-state index in [1.54, 1.807) is 7.05 Å². The van der Waals surface area contributed by atoms with Crippen molar-refractivity contribution in [2.45, 2.75) is 6.54 Å². The van der Waals surface area contributed by atoms with Crippen LogP contribution in [0.15, 0.2) is 33.8 Å². The molecule has 0 saturated carbocycles. The average molecular weight is 480 g/mol. The highest BCUT2D eigenvalue weighted by atomic mass is 79.9. The van der Waals surface area contributed by atoms with Gasteiger partial charge in [0.25, 0.3) is 5.91 Å². The quantitative estimate of drug-likeness (QED) is 0.500. The SMILES string of the molecule is CN1C(=O)/C(=C/c2cn(CC(=O)N3CCOCC3)c3ccc(Br)cc23)SC1=S. The third kappa shape index (κ3) is 3.76. The van der Waals surface area contributed by atoms with Gasteiger partial charge in [-0.2, -0.15) is 0 Å². The van der Waals surface area contributed by atoms with Crippen LogP contribution in [-0.4, -0.2) is 63.9 Å². The van der Waals surface area contributed by atoms with Gasteiger partial charge in [-0.25, -0.2) is 0 Å². The highest BCUT2D eigenvalue weighted by Gasteiger charge is 2.29. The van der Waals surface area contributed by atoms with E-state index in [0.29, 0.717) is 35.5 Å². The van der Waals surface area contributed by atoms with E-state index >= 15 is 0 Å². The fourth-order valence-corrected chi connectivity index (χ4v) is 4.82. The molecule has 4 rings (SSSR count). The lowest BCUT2D eigenvalue weighted by atomic mass is 10.1. The van der Waals surface area contributed by atoms with Crippen molar-refractivity contribution in [2.24, 2.45) is 0 Å². The number of rotatable bonds is 3. The maximum absolute atomic E-state index is 12.7. The molecule has 6 nitrogen and oxygen atoms in total. The summed E-state index contributed by atoms with van der Waals surface area (Å²) in [5.74, 6) is -0.0372. The van der Waals surface area contributed by atoms with Crippen LogP contribution in [0.5, 0.6) is 0 Å². The highest BCUT2D eigenvalue weighted by Crippen LogP contribution is 2.34. The Hall–Kier alpha value is -1.68. The zero-order chi connectivity index (χ0) is 19.8. The molecule has 0 unspecified atom stereocenters. The standard InChI is InChI=1S/C19H18BrN3O3S2/c1-21-18(25)16(28-19(21)27)8-12-10-23(15-3-2-13(20)9-14(12)15)11-17(24)22-4-6-26-7-5-22/h2-3,8-10H,4-7,11H2,1H3/b16-8-. The Bertz CT molecular complexity index is 1010. The number of aromatic nitrogens is 1. The number of fused-ring (bicyclic) bond motifs is 1. The molecule has 1 aromatic heterocycles. The first-order valence-corrected chi connectivity index (χ1v) is 10.8. The zero-order valence-corrected chi connectivity index (χ0v) is 18.4. The largest absolute Gasteiger partial charge is 0.378 e. The molecule has 9 heteroatoms. The molecular weight excluding hydrogens is 462 g/mol. The van der Waals surface area contributed by atoms with Gasteiger partial charge in [0, 0.05) is 47.3 Å². The van der Waals surface area contributed by atoms with Crippen LogP contribution in [0.2, 0.25) is 0 Å². The monoisotopic (exact) mass is 479 g/mol. The van der Waals surface area contributed by atoms with Crippen LogP contribution < -0.4 is 0 Å². The number of carbonyl (C=O) groups excluding carboxylic acids is 2. The summed E-state index contributed by atoms with van der Waals surface area (Å²) in [6.07, 6.45) is 3.78. The maximum atomic E-state index is 12.7. The van der Waals surface area contributed by atoms with Gasteiger partial charge in [-0.15, -0.1) is 0 Å². The van der Waals surface area contributed by atoms with Gasteiger partial charge in [-0.05, 0) is 24.3 Å². The van der Waals surface area contributed by atoms with E-state index in [-0.39, 0.29) is 18.4 Å². The Balaban J connectivity index is 1.70. The molecule has 2 aromatic rings. The first-order chi connectivity index (χ1) is 13.4. The highest BCUT2D eigenvalue weighted by molar-refractivity contribution is 9.10. The van der Waals surface area contributed by atoms with Gasteiger partial charge in [-0.1, -0.05) is 39.9 Å². The van der Waals surface area contributed by atoms with Crippen LogP contribution in [0, 0.1) is 0 Å². The number of morpholine rings is 1. The lowest BCUT2D eigenvalue weighted by Crippen LogP contribution is -2.42. The minimum Gasteiger partial charge on any atom is -0.378 e. The summed E-state index contributed by atoms with van der Waals surface area (Å²) < 4.78 is 8.75. The van der Waals surface area contributed by atoms with Crippen molar-refractivity contribution >= 4 is 73.0 Å². The van der Waals surface area contributed by atoms with Crippen LogP contribution in [0.4, 0.5) is 0 Å². The molecule has 2 saturated heterocycles. The van der Waals surface area contributed by atoms with Crippen molar-refractivity contribution in [2.75, 3.05) is 33.4 Å². The van der Waals surface area contributed by atoms with Crippen molar-refractivity contribution in [3.63, 3.8) is 0 Å². The summed E-state index contributed by atoms with van der Waals surface area (Å²) >= 11 is 10.0. The zero-order valence-electron chi connectivity index (χ0n) is 15.2. The first kappa shape index (κ1) is 19.6. The molecule has 2 fully saturated rings. The normalized spacial score (nSPS) is 19.3. The number of halogens is 1. The topological polar surface area (TPSA) is 54.8 Å². The molecule has 146 valence electrons. The van der Waals surface area contributed by atoms with E-state index < -0.39 is 0 Å². The van der Waals surface area contributed by atoms with Gasteiger partial charge in [0.05, 0.1) is 18.1 Å². The molecule has 1 aromatic carbocycles. The Morgan fingerprint density at radius 2 is 2.11 bits per heavy atom. The summed E-state index contributed by atoms with van der Waals surface area (Å²) in [4.78, 5) is 29.0. The number of nitrogens with zero attached hydrogens (tertiary/aromatic N) is 3. The molecular formula is C19H18BrN3O3S2. The van der Waals surface area contributed by atoms with Crippen molar-refractivity contribution in [1.29, 1.82) is 0 Å². The van der Waals surface area contributed by atoms with Crippen LogP contribution in [0.25, 0.3) is 17.0 Å². The minimum atomic E-state index is -0.102. The summed E-state index contributed by atoms with van der Waals surface area (Å²) in [6.45, 7) is 2.65. The smallest absolute Gasteiger partial charge is 0.265 e. The van der Waals surface area contributed by atoms with Gasteiger partial charge in [0.15, 0.2) is 0 Å². The van der Waals surface area contributed by atoms with Gasteiger partial charge in [0.2, 0.25) is 5.91 Å². The van der Waals surface area contributed by atoms with Crippen LogP contribution in [0.1, 0.15) is 5.56 Å². The summed E-state index contributed by atoms with van der Waals surface area (Å²) in [7, 11) is 1.68. The molecule has 2 aliphatic rings. The first-order valence-electron chi connectivity index (χ1n) is 8.79. The summed E-state index contributed by atoms with van der Waals surface area (Å²) in [5, 5.41) is 0.977. The second kappa shape index (κ2) is 7.98. The number of benzene rings is 1. The molecule has 0 N–H and O–H groups in total. The Morgan fingerprint density at radius 1 is 1.36 bits per heavy atom. The van der Waals surface area contributed by atoms with Crippen molar-refractivity contribution in [1.82, 2.24) is 14.4 Å². The number of likely N-dealkylation sites (N-methyl/N-ethyl adjacent to an activating group) is 1. The predicted octanol–water partition coefficient (Wildman–Crippen LogP) is 3.09. The number of carbonyl (C=O) groups is 2. The number of thiocarbonyl (C=S) groups is 1. The fourth-order valence-electron chi connectivity index (χ4n) is 3.29. The third-order valence-corrected chi connectivity index (χ3v) is 6.79. The van der Waals surface area contributed by atoms with Crippen molar-refractivity contribution in [3.8, 4) is 0 Å². The van der Waals surface area contributed by atoms with E-state index in [9.17, 15) is 9.59 Å². The lowest BCUT2D eigenvalue weighted by Gasteiger charge is -2.27. The van der Waals surface area contributed by atoms with Crippen molar-refractivity contribution < 1.29 is 14.3 Å². The van der Waals surface area contributed by atoms with Gasteiger partial charge < -0.3 is 14.2 Å². The fraction of sp³-hybridized carbons (Fsp3) is 0.316. The molecule has 0 bridgehead atoms. The molecule has 2 aliphatic heterocycles. The molecule has 0 spiro atoms. The van der Waals surface area contributed by atoms with E-state index in [4.69, 9.17) is 17.0 Å². The van der Waals surface area contributed by atoms with Crippen molar-refractivity contribution in [3.05, 3.63) is 39.3 Å². The number of amides is 2. The number of ether oxygens (including phenoxy) is 1. The Labute approximate surface area is 180 Å². The van der Waals surface area contributed by atoms with Crippen LogP contribution in [-0.2, 0) is 20.9 Å². The number of hydrogen-bond donors (Lipinski definition) is 0. The van der Waals surface area contributed by atoms with E-state index in [2.05, 4.69) is 15.9 Å². The van der Waals surface area contributed by atoms with Gasteiger partial charge in [0.1, 0.15) is 10.9 Å². The molecule has 0 radical (unpaired) electrons. The van der Waals surface area contributed by atoms with E-state index in [1.807, 2.05) is 39.9 Å². The van der Waals surface area contributed by atoms with E-state index in [0.717, 1.165) is 20.9 Å². The Kier molecular flexibility index (Phi) is 5.59.